The van der Waals surface area contributed by atoms with Crippen LogP contribution in [0, 0.1) is 6.92 Å². The molecule has 0 spiro atoms. The van der Waals surface area contributed by atoms with E-state index in [0.717, 1.165) is 5.56 Å². The van der Waals surface area contributed by atoms with E-state index in [4.69, 9.17) is 14.4 Å². The summed E-state index contributed by atoms with van der Waals surface area (Å²) in [5.41, 5.74) is 3.28. The first-order valence-corrected chi connectivity index (χ1v) is 12.2. The van der Waals surface area contributed by atoms with E-state index in [1.807, 2.05) is 6.92 Å². The SMILES string of the molecule is Cc1ccc(S(=O)(=O)Oc2ccc3c4c(nn3CCNCCO)-c3cnccc3C(=O)c24)cc1. The van der Waals surface area contributed by atoms with Crippen molar-refractivity contribution in [3.05, 3.63) is 71.5 Å². The van der Waals surface area contributed by atoms with Crippen molar-refractivity contribution < 1.29 is 22.5 Å². The molecule has 2 aromatic carbocycles. The number of fused-ring (bicyclic) bond motifs is 2. The third kappa shape index (κ3) is 3.75. The standard InChI is InChI=1S/C24H22N4O5S/c1-15-2-4-16(5-3-15)34(31,32)33-20-7-6-19-21-22(20)24(30)17-8-9-26-14-18(17)23(21)27-28(19)12-10-25-11-13-29/h2-9,14,25,29H,10-13H2,1H3. The van der Waals surface area contributed by atoms with Crippen molar-refractivity contribution in [2.45, 2.75) is 18.4 Å². The Morgan fingerprint density at radius 3 is 2.62 bits per heavy atom. The van der Waals surface area contributed by atoms with Gasteiger partial charge in [0.05, 0.1) is 24.2 Å². The van der Waals surface area contributed by atoms with Gasteiger partial charge in [-0.1, -0.05) is 17.7 Å². The maximum Gasteiger partial charge on any atom is 0.339 e. The fraction of sp³-hybridized carbons (Fsp3) is 0.208. The van der Waals surface area contributed by atoms with E-state index >= 15 is 0 Å². The molecule has 9 nitrogen and oxygen atoms in total. The van der Waals surface area contributed by atoms with Gasteiger partial charge in [-0.15, -0.1) is 0 Å². The molecule has 0 atom stereocenters. The highest BCUT2D eigenvalue weighted by Crippen LogP contribution is 2.42. The molecule has 0 saturated heterocycles. The number of carbonyl (C=O) groups excluding carboxylic acids is 1. The Hall–Kier alpha value is -3.60. The second kappa shape index (κ2) is 8.64. The van der Waals surface area contributed by atoms with Gasteiger partial charge in [-0.25, -0.2) is 0 Å². The summed E-state index contributed by atoms with van der Waals surface area (Å²) in [5, 5.41) is 17.3. The lowest BCUT2D eigenvalue weighted by molar-refractivity contribution is 0.103. The molecule has 1 aliphatic rings. The van der Waals surface area contributed by atoms with E-state index in [1.54, 1.807) is 35.1 Å². The molecule has 0 fully saturated rings. The molecule has 2 heterocycles. The monoisotopic (exact) mass is 478 g/mol. The molecule has 0 unspecified atom stereocenters. The lowest BCUT2D eigenvalue weighted by atomic mass is 9.88. The van der Waals surface area contributed by atoms with Crippen molar-refractivity contribution >= 4 is 26.8 Å². The Balaban J connectivity index is 1.64. The number of aryl methyl sites for hydroxylation is 1. The van der Waals surface area contributed by atoms with Gasteiger partial charge in [0.15, 0.2) is 11.5 Å². The number of pyridine rings is 1. The highest BCUT2D eigenvalue weighted by Gasteiger charge is 2.33. The van der Waals surface area contributed by atoms with Gasteiger partial charge in [-0.05, 0) is 37.3 Å². The van der Waals surface area contributed by atoms with Gasteiger partial charge in [0.2, 0.25) is 0 Å². The van der Waals surface area contributed by atoms with Gasteiger partial charge in [0.25, 0.3) is 0 Å². The zero-order valence-electron chi connectivity index (χ0n) is 18.4. The largest absolute Gasteiger partial charge is 0.395 e. The summed E-state index contributed by atoms with van der Waals surface area (Å²) in [6.07, 6.45) is 3.10. The normalized spacial score (nSPS) is 12.7. The number of rotatable bonds is 8. The summed E-state index contributed by atoms with van der Waals surface area (Å²) in [5.74, 6) is -0.387. The number of ketones is 1. The molecule has 5 rings (SSSR count). The van der Waals surface area contributed by atoms with Gasteiger partial charge in [-0.2, -0.15) is 13.5 Å². The van der Waals surface area contributed by atoms with Gasteiger partial charge in [-0.3, -0.25) is 14.5 Å². The molecule has 0 amide bonds. The van der Waals surface area contributed by atoms with Crippen molar-refractivity contribution in [1.29, 1.82) is 0 Å². The van der Waals surface area contributed by atoms with E-state index in [0.29, 0.717) is 47.4 Å². The lowest BCUT2D eigenvalue weighted by Gasteiger charge is -2.17. The molecule has 0 aliphatic heterocycles. The number of benzene rings is 2. The van der Waals surface area contributed by atoms with Crippen molar-refractivity contribution in [2.75, 3.05) is 19.7 Å². The third-order valence-electron chi connectivity index (χ3n) is 5.73. The maximum absolute atomic E-state index is 13.5. The Bertz CT molecular complexity index is 1510. The predicted octanol–water partition coefficient (Wildman–Crippen LogP) is 2.30. The van der Waals surface area contributed by atoms with Gasteiger partial charge in [0.1, 0.15) is 10.6 Å². The summed E-state index contributed by atoms with van der Waals surface area (Å²) in [4.78, 5) is 17.7. The molecule has 34 heavy (non-hydrogen) atoms. The van der Waals surface area contributed by atoms with Crippen molar-refractivity contribution in [2.24, 2.45) is 0 Å². The number of hydrogen-bond donors (Lipinski definition) is 2. The Morgan fingerprint density at radius 2 is 1.85 bits per heavy atom. The first kappa shape index (κ1) is 22.2. The summed E-state index contributed by atoms with van der Waals surface area (Å²) < 4.78 is 33.2. The van der Waals surface area contributed by atoms with Crippen LogP contribution in [0.3, 0.4) is 0 Å². The Labute approximate surface area is 196 Å². The van der Waals surface area contributed by atoms with E-state index in [1.165, 1.54) is 24.4 Å². The quantitative estimate of drug-likeness (QED) is 0.257. The minimum Gasteiger partial charge on any atom is -0.395 e. The summed E-state index contributed by atoms with van der Waals surface area (Å²) in [6.45, 7) is 3.39. The van der Waals surface area contributed by atoms with Crippen LogP contribution in [0.25, 0.3) is 22.2 Å². The molecule has 2 aromatic heterocycles. The molecular formula is C24H22N4O5S. The third-order valence-corrected chi connectivity index (χ3v) is 6.98. The molecular weight excluding hydrogens is 456 g/mol. The number of aliphatic hydroxyl groups excluding tert-OH is 1. The van der Waals surface area contributed by atoms with Gasteiger partial charge in [0, 0.05) is 42.0 Å². The average molecular weight is 479 g/mol. The number of nitrogens with one attached hydrogen (secondary N) is 1. The Kier molecular flexibility index (Phi) is 5.64. The van der Waals surface area contributed by atoms with Crippen LogP contribution in [0.15, 0.2) is 59.8 Å². The van der Waals surface area contributed by atoms with Gasteiger partial charge < -0.3 is 14.6 Å². The fourth-order valence-corrected chi connectivity index (χ4v) is 5.02. The van der Waals surface area contributed by atoms with Crippen LogP contribution in [-0.4, -0.2) is 53.8 Å². The zero-order chi connectivity index (χ0) is 23.9. The minimum atomic E-state index is -4.16. The Morgan fingerprint density at radius 1 is 1.06 bits per heavy atom. The molecule has 0 bridgehead atoms. The predicted molar refractivity (Wildman–Crippen MR) is 125 cm³/mol. The first-order valence-electron chi connectivity index (χ1n) is 10.8. The van der Waals surface area contributed by atoms with Crippen LogP contribution in [0.5, 0.6) is 5.75 Å². The van der Waals surface area contributed by atoms with Crippen molar-refractivity contribution in [1.82, 2.24) is 20.1 Å². The first-order chi connectivity index (χ1) is 16.4. The number of aliphatic hydroxyl groups is 1. The van der Waals surface area contributed by atoms with Crippen LogP contribution in [0.2, 0.25) is 0 Å². The number of carbonyl (C=O) groups is 1. The summed E-state index contributed by atoms with van der Waals surface area (Å²) in [7, 11) is -4.16. The number of aromatic nitrogens is 3. The maximum atomic E-state index is 13.5. The molecule has 174 valence electrons. The van der Waals surface area contributed by atoms with Crippen LogP contribution in [0.4, 0.5) is 0 Å². The van der Waals surface area contributed by atoms with E-state index in [2.05, 4.69) is 10.3 Å². The highest BCUT2D eigenvalue weighted by atomic mass is 32.2. The smallest absolute Gasteiger partial charge is 0.339 e. The minimum absolute atomic E-state index is 0.00383. The van der Waals surface area contributed by atoms with E-state index in [9.17, 15) is 13.2 Å². The second-order valence-corrected chi connectivity index (χ2v) is 9.53. The van der Waals surface area contributed by atoms with E-state index < -0.39 is 10.1 Å². The molecule has 10 heteroatoms. The van der Waals surface area contributed by atoms with Crippen molar-refractivity contribution in [3.63, 3.8) is 0 Å². The van der Waals surface area contributed by atoms with Crippen LogP contribution >= 0.6 is 0 Å². The van der Waals surface area contributed by atoms with Crippen LogP contribution in [-0.2, 0) is 16.7 Å². The van der Waals surface area contributed by atoms with Crippen molar-refractivity contribution in [3.8, 4) is 17.0 Å². The fourth-order valence-electron chi connectivity index (χ4n) is 4.08. The average Bonchev–Trinajstić information content (AvgIpc) is 3.20. The zero-order valence-corrected chi connectivity index (χ0v) is 19.2. The summed E-state index contributed by atoms with van der Waals surface area (Å²) >= 11 is 0. The molecule has 1 aliphatic carbocycles. The summed E-state index contributed by atoms with van der Waals surface area (Å²) in [6, 6.07) is 11.1. The van der Waals surface area contributed by atoms with Gasteiger partial charge >= 0.3 is 10.1 Å². The second-order valence-electron chi connectivity index (χ2n) is 7.98. The topological polar surface area (TPSA) is 123 Å². The molecule has 0 saturated carbocycles. The molecule has 0 radical (unpaired) electrons. The molecule has 2 N–H and O–H groups in total. The number of hydrogen-bond acceptors (Lipinski definition) is 8. The number of nitrogens with zero attached hydrogens (tertiary/aromatic N) is 3. The highest BCUT2D eigenvalue weighted by molar-refractivity contribution is 7.87. The lowest BCUT2D eigenvalue weighted by Crippen LogP contribution is -2.23. The van der Waals surface area contributed by atoms with Crippen LogP contribution < -0.4 is 9.50 Å². The van der Waals surface area contributed by atoms with Crippen LogP contribution in [0.1, 0.15) is 21.5 Å². The van der Waals surface area contributed by atoms with E-state index in [-0.39, 0.29) is 28.6 Å². The molecule has 4 aromatic rings.